The van der Waals surface area contributed by atoms with Crippen LogP contribution in [0.1, 0.15) is 64.9 Å². The first-order chi connectivity index (χ1) is 14.0. The molecule has 3 saturated heterocycles. The van der Waals surface area contributed by atoms with Gasteiger partial charge in [-0.05, 0) is 57.6 Å². The van der Waals surface area contributed by atoms with E-state index in [9.17, 15) is 0 Å². The van der Waals surface area contributed by atoms with Gasteiger partial charge in [-0.25, -0.2) is 9.97 Å². The number of hydrogen-bond acceptors (Lipinski definition) is 5. The number of anilines is 1. The molecule has 3 atom stereocenters. The number of fused-ring (bicyclic) bond motifs is 2. The summed E-state index contributed by atoms with van der Waals surface area (Å²) >= 11 is 0. The summed E-state index contributed by atoms with van der Waals surface area (Å²) < 4.78 is 0. The van der Waals surface area contributed by atoms with Crippen molar-refractivity contribution in [2.45, 2.75) is 77.4 Å². The second-order valence-corrected chi connectivity index (χ2v) is 9.71. The minimum atomic E-state index is 0.453. The van der Waals surface area contributed by atoms with Gasteiger partial charge in [-0.15, -0.1) is 0 Å². The molecule has 3 unspecified atom stereocenters. The Morgan fingerprint density at radius 1 is 1.00 bits per heavy atom. The molecule has 0 N–H and O–H groups in total. The second kappa shape index (κ2) is 9.02. The van der Waals surface area contributed by atoms with Gasteiger partial charge in [-0.1, -0.05) is 25.7 Å². The van der Waals surface area contributed by atoms with E-state index in [0.717, 1.165) is 38.7 Å². The predicted octanol–water partition coefficient (Wildman–Crippen LogP) is 3.38. The summed E-state index contributed by atoms with van der Waals surface area (Å²) in [7, 11) is 0. The van der Waals surface area contributed by atoms with Gasteiger partial charge in [-0.2, -0.15) is 0 Å². The van der Waals surface area contributed by atoms with Gasteiger partial charge in [0.15, 0.2) is 0 Å². The van der Waals surface area contributed by atoms with Gasteiger partial charge in [0.1, 0.15) is 0 Å². The fraction of sp³-hybridized carbons (Fsp3) is 0.750. The number of rotatable bonds is 4. The predicted molar refractivity (Wildman–Crippen MR) is 119 cm³/mol. The van der Waals surface area contributed by atoms with E-state index < -0.39 is 0 Å². The Bertz CT molecular complexity index is 718. The first kappa shape index (κ1) is 20.6. The zero-order valence-electron chi connectivity index (χ0n) is 18.6. The molecule has 0 aliphatic carbocycles. The van der Waals surface area contributed by atoms with Crippen LogP contribution in [0.15, 0.2) is 12.4 Å². The third-order valence-corrected chi connectivity index (χ3v) is 6.80. The zero-order valence-corrected chi connectivity index (χ0v) is 18.6. The summed E-state index contributed by atoms with van der Waals surface area (Å²) in [4.78, 5) is 17.3. The van der Waals surface area contributed by atoms with Crippen molar-refractivity contribution in [3.63, 3.8) is 0 Å². The first-order valence-electron chi connectivity index (χ1n) is 11.6. The smallest absolute Gasteiger partial charge is 0.225 e. The molecule has 0 radical (unpaired) electrons. The molecule has 3 aliphatic heterocycles. The largest absolute Gasteiger partial charge is 0.332 e. The Kier molecular flexibility index (Phi) is 6.41. The molecule has 4 heterocycles. The van der Waals surface area contributed by atoms with Crippen LogP contribution < -0.4 is 4.90 Å². The maximum atomic E-state index is 4.85. The highest BCUT2D eigenvalue weighted by Crippen LogP contribution is 2.34. The molecule has 158 valence electrons. The highest BCUT2D eigenvalue weighted by molar-refractivity contribution is 5.38. The van der Waals surface area contributed by atoms with Crippen molar-refractivity contribution in [1.82, 2.24) is 19.8 Å². The van der Waals surface area contributed by atoms with Crippen LogP contribution in [0, 0.1) is 17.8 Å². The molecule has 3 aliphatic rings. The number of likely N-dealkylation sites (tertiary alicyclic amines) is 2. The van der Waals surface area contributed by atoms with Gasteiger partial charge in [-0.3, -0.25) is 9.80 Å². The minimum Gasteiger partial charge on any atom is -0.332 e. The van der Waals surface area contributed by atoms with Gasteiger partial charge in [0.25, 0.3) is 0 Å². The lowest BCUT2D eigenvalue weighted by atomic mass is 9.92. The van der Waals surface area contributed by atoms with Crippen LogP contribution in [-0.2, 0) is 0 Å². The Hall–Kier alpha value is -1.64. The van der Waals surface area contributed by atoms with E-state index in [2.05, 4.69) is 66.6 Å². The van der Waals surface area contributed by atoms with E-state index in [1.54, 1.807) is 0 Å². The van der Waals surface area contributed by atoms with Crippen molar-refractivity contribution in [3.05, 3.63) is 18.0 Å². The summed E-state index contributed by atoms with van der Waals surface area (Å²) in [6.07, 6.45) is 9.21. The summed E-state index contributed by atoms with van der Waals surface area (Å²) in [6.45, 7) is 14.3. The molecule has 2 bridgehead atoms. The fourth-order valence-electron chi connectivity index (χ4n) is 5.19. The molecule has 0 spiro atoms. The van der Waals surface area contributed by atoms with Crippen LogP contribution in [-0.4, -0.2) is 70.6 Å². The summed E-state index contributed by atoms with van der Waals surface area (Å²) in [5.41, 5.74) is 1.29. The van der Waals surface area contributed by atoms with Crippen molar-refractivity contribution in [1.29, 1.82) is 0 Å². The molecule has 1 aromatic rings. The third kappa shape index (κ3) is 4.75. The summed E-state index contributed by atoms with van der Waals surface area (Å²) in [6, 6.07) is 1.78. The molecule has 0 amide bonds. The lowest BCUT2D eigenvalue weighted by molar-refractivity contribution is 0.176. The minimum absolute atomic E-state index is 0.453. The zero-order chi connectivity index (χ0) is 20.4. The lowest BCUT2D eigenvalue weighted by Gasteiger charge is -2.42. The van der Waals surface area contributed by atoms with Crippen LogP contribution in [0.5, 0.6) is 0 Å². The van der Waals surface area contributed by atoms with E-state index in [1.165, 1.54) is 31.2 Å². The number of piperazine rings is 1. The second-order valence-electron chi connectivity index (χ2n) is 9.71. The monoisotopic (exact) mass is 395 g/mol. The van der Waals surface area contributed by atoms with Crippen molar-refractivity contribution < 1.29 is 0 Å². The van der Waals surface area contributed by atoms with Crippen LogP contribution in [0.25, 0.3) is 0 Å². The molecule has 3 fully saturated rings. The highest BCUT2D eigenvalue weighted by Gasteiger charge is 2.41. The normalized spacial score (nSPS) is 28.1. The van der Waals surface area contributed by atoms with Gasteiger partial charge in [0.2, 0.25) is 5.95 Å². The van der Waals surface area contributed by atoms with Crippen LogP contribution in [0.4, 0.5) is 5.95 Å². The molecular weight excluding hydrogens is 358 g/mol. The quantitative estimate of drug-likeness (QED) is 0.731. The van der Waals surface area contributed by atoms with E-state index in [-0.39, 0.29) is 0 Å². The van der Waals surface area contributed by atoms with E-state index in [1.807, 2.05) is 0 Å². The summed E-state index contributed by atoms with van der Waals surface area (Å²) in [5.74, 6) is 8.56. The average Bonchev–Trinajstić information content (AvgIpc) is 2.97. The van der Waals surface area contributed by atoms with Crippen molar-refractivity contribution in [2.24, 2.45) is 5.92 Å². The average molecular weight is 396 g/mol. The van der Waals surface area contributed by atoms with E-state index in [0.29, 0.717) is 30.0 Å². The molecule has 5 nitrogen and oxygen atoms in total. The van der Waals surface area contributed by atoms with Crippen LogP contribution in [0.2, 0.25) is 0 Å². The van der Waals surface area contributed by atoms with Crippen LogP contribution >= 0.6 is 0 Å². The molecule has 0 aromatic carbocycles. The Morgan fingerprint density at radius 3 is 2.31 bits per heavy atom. The lowest BCUT2D eigenvalue weighted by Crippen LogP contribution is -2.56. The number of nitrogens with zero attached hydrogens (tertiary/aromatic N) is 5. The molecule has 5 heteroatoms. The van der Waals surface area contributed by atoms with Crippen molar-refractivity contribution >= 4 is 5.95 Å². The van der Waals surface area contributed by atoms with Crippen LogP contribution in [0.3, 0.4) is 0 Å². The van der Waals surface area contributed by atoms with Gasteiger partial charge in [0.05, 0.1) is 6.54 Å². The van der Waals surface area contributed by atoms with Gasteiger partial charge < -0.3 is 4.90 Å². The number of aromatic nitrogens is 2. The molecule has 4 rings (SSSR count). The maximum absolute atomic E-state index is 4.85. The fourth-order valence-corrected chi connectivity index (χ4v) is 5.19. The molecule has 29 heavy (non-hydrogen) atoms. The molecule has 1 aromatic heterocycles. The van der Waals surface area contributed by atoms with Gasteiger partial charge in [0, 0.05) is 56.1 Å². The number of hydrogen-bond donors (Lipinski definition) is 0. The standard InChI is InChI=1S/C24H37N5/c1-18(2)7-5-11-27-12-6-8-20(15-27)21-13-25-24(26-14-21)29-22-9-10-23(29)17-28(16-22)19(3)4/h13-14,18-20,22-23H,6,8-12,15-17H2,1-4H3. The summed E-state index contributed by atoms with van der Waals surface area (Å²) in [5, 5.41) is 0. The van der Waals surface area contributed by atoms with E-state index >= 15 is 0 Å². The van der Waals surface area contributed by atoms with E-state index in [4.69, 9.17) is 9.97 Å². The Balaban J connectivity index is 1.39. The Morgan fingerprint density at radius 2 is 1.69 bits per heavy atom. The SMILES string of the molecule is CC(C)C#CCN1CCCC(c2cnc(N3C4CCC3CN(C(C)C)C4)nc2)C1. The maximum Gasteiger partial charge on any atom is 0.225 e. The van der Waals surface area contributed by atoms with Crippen molar-refractivity contribution in [2.75, 3.05) is 37.6 Å². The molecular formula is C24H37N5. The molecule has 0 saturated carbocycles. The number of piperidine rings is 1. The highest BCUT2D eigenvalue weighted by atomic mass is 15.4. The van der Waals surface area contributed by atoms with Crippen molar-refractivity contribution in [3.8, 4) is 11.8 Å². The van der Waals surface area contributed by atoms with Gasteiger partial charge >= 0.3 is 0 Å². The topological polar surface area (TPSA) is 35.5 Å². The third-order valence-electron chi connectivity index (χ3n) is 6.80. The Labute approximate surface area is 176 Å². The first-order valence-corrected chi connectivity index (χ1v) is 11.6.